The van der Waals surface area contributed by atoms with Gasteiger partial charge >= 0.3 is 6.18 Å². The largest absolute Gasteiger partial charge is 0.416 e. The van der Waals surface area contributed by atoms with Gasteiger partial charge in [0.1, 0.15) is 4.83 Å². The van der Waals surface area contributed by atoms with Gasteiger partial charge in [-0.05, 0) is 63.3 Å². The van der Waals surface area contributed by atoms with E-state index < -0.39 is 11.7 Å². The second-order valence-corrected chi connectivity index (χ2v) is 10.0. The lowest BCUT2D eigenvalue weighted by atomic mass is 9.97. The molecule has 1 amide bonds. The van der Waals surface area contributed by atoms with Crippen LogP contribution in [0.1, 0.15) is 42.7 Å². The van der Waals surface area contributed by atoms with E-state index in [0.29, 0.717) is 10.2 Å². The molecule has 170 valence electrons. The van der Waals surface area contributed by atoms with E-state index in [0.717, 1.165) is 60.0 Å². The Balaban J connectivity index is 1.87. The standard InChI is InChI=1S/C22H22F3N3O2S2/c1-12(2)26-17(29)11-31-21-27-19-18(15-8-3-4-9-16(15)32-19)20(30)28(21)14-7-5-6-13(10-14)22(23,24)25/h5-7,10,12H,3-4,8-9,11H2,1-2H3,(H,26,29). The Kier molecular flexibility index (Phi) is 6.35. The molecule has 3 aromatic rings. The van der Waals surface area contributed by atoms with Gasteiger partial charge in [-0.15, -0.1) is 11.3 Å². The molecule has 0 fully saturated rings. The van der Waals surface area contributed by atoms with Gasteiger partial charge in [-0.1, -0.05) is 17.8 Å². The molecular weight excluding hydrogens is 459 g/mol. The molecule has 2 heterocycles. The number of nitrogens with zero attached hydrogens (tertiary/aromatic N) is 2. The molecule has 0 atom stereocenters. The predicted octanol–water partition coefficient (Wildman–Crippen LogP) is 4.96. The van der Waals surface area contributed by atoms with Gasteiger partial charge in [0.15, 0.2) is 5.16 Å². The number of hydrogen-bond acceptors (Lipinski definition) is 5. The van der Waals surface area contributed by atoms with Gasteiger partial charge < -0.3 is 5.32 Å². The van der Waals surface area contributed by atoms with Gasteiger partial charge in [-0.2, -0.15) is 13.2 Å². The Bertz CT molecular complexity index is 1230. The minimum atomic E-state index is -4.54. The van der Waals surface area contributed by atoms with Crippen molar-refractivity contribution in [3.8, 4) is 5.69 Å². The molecule has 4 rings (SSSR count). The van der Waals surface area contributed by atoms with E-state index in [9.17, 15) is 22.8 Å². The normalized spacial score (nSPS) is 14.1. The summed E-state index contributed by atoms with van der Waals surface area (Å²) in [6.07, 6.45) is -0.897. The quantitative estimate of drug-likeness (QED) is 0.413. The monoisotopic (exact) mass is 481 g/mol. The molecule has 10 heteroatoms. The molecule has 2 aromatic heterocycles. The summed E-state index contributed by atoms with van der Waals surface area (Å²) in [7, 11) is 0. The molecule has 1 aromatic carbocycles. The molecule has 0 unspecified atom stereocenters. The maximum atomic E-state index is 13.6. The summed E-state index contributed by atoms with van der Waals surface area (Å²) in [4.78, 5) is 32.1. The first-order chi connectivity index (χ1) is 15.1. The number of fused-ring (bicyclic) bond motifs is 3. The number of carbonyl (C=O) groups is 1. The van der Waals surface area contributed by atoms with Gasteiger partial charge in [0, 0.05) is 10.9 Å². The predicted molar refractivity (Wildman–Crippen MR) is 121 cm³/mol. The van der Waals surface area contributed by atoms with Gasteiger partial charge in [-0.25, -0.2) is 4.98 Å². The summed E-state index contributed by atoms with van der Waals surface area (Å²) in [6.45, 7) is 3.67. The lowest BCUT2D eigenvalue weighted by Gasteiger charge is -2.15. The third kappa shape index (κ3) is 4.56. The van der Waals surface area contributed by atoms with Crippen molar-refractivity contribution in [1.29, 1.82) is 0 Å². The first-order valence-electron chi connectivity index (χ1n) is 10.3. The van der Waals surface area contributed by atoms with E-state index >= 15 is 0 Å². The molecule has 1 aliphatic carbocycles. The number of aromatic nitrogens is 2. The number of amides is 1. The highest BCUT2D eigenvalue weighted by Gasteiger charge is 2.31. The number of hydrogen-bond donors (Lipinski definition) is 1. The number of thiophene rings is 1. The number of thioether (sulfide) groups is 1. The van der Waals surface area contributed by atoms with Crippen LogP contribution in [0.5, 0.6) is 0 Å². The molecule has 0 aliphatic heterocycles. The topological polar surface area (TPSA) is 64.0 Å². The number of aryl methyl sites for hydroxylation is 2. The van der Waals surface area contributed by atoms with Crippen LogP contribution < -0.4 is 10.9 Å². The van der Waals surface area contributed by atoms with Gasteiger partial charge in [0.2, 0.25) is 5.91 Å². The minimum absolute atomic E-state index is 0.000176. The number of nitrogens with one attached hydrogen (secondary N) is 1. The van der Waals surface area contributed by atoms with E-state index in [4.69, 9.17) is 0 Å². The van der Waals surface area contributed by atoms with Crippen LogP contribution in [0.25, 0.3) is 15.9 Å². The molecule has 0 bridgehead atoms. The van der Waals surface area contributed by atoms with Crippen LogP contribution in [0.2, 0.25) is 0 Å². The fourth-order valence-corrected chi connectivity index (χ4v) is 5.95. The van der Waals surface area contributed by atoms with Crippen molar-refractivity contribution >= 4 is 39.2 Å². The summed E-state index contributed by atoms with van der Waals surface area (Å²) < 4.78 is 41.2. The van der Waals surface area contributed by atoms with Crippen LogP contribution >= 0.6 is 23.1 Å². The lowest BCUT2D eigenvalue weighted by Crippen LogP contribution is -2.32. The molecular formula is C22H22F3N3O2S2. The van der Waals surface area contributed by atoms with Crippen molar-refractivity contribution < 1.29 is 18.0 Å². The summed E-state index contributed by atoms with van der Waals surface area (Å²) in [5.41, 5.74) is -0.186. The van der Waals surface area contributed by atoms with Gasteiger partial charge in [0.05, 0.1) is 22.4 Å². The number of carbonyl (C=O) groups excluding carboxylic acids is 1. The second-order valence-electron chi connectivity index (χ2n) is 7.98. The highest BCUT2D eigenvalue weighted by molar-refractivity contribution is 7.99. The average molecular weight is 482 g/mol. The minimum Gasteiger partial charge on any atom is -0.353 e. The molecule has 5 nitrogen and oxygen atoms in total. The zero-order valence-electron chi connectivity index (χ0n) is 17.6. The maximum absolute atomic E-state index is 13.6. The van der Waals surface area contributed by atoms with Crippen LogP contribution in [0.3, 0.4) is 0 Å². The summed E-state index contributed by atoms with van der Waals surface area (Å²) in [5.74, 6) is -0.236. The third-order valence-corrected chi connectivity index (χ3v) is 7.30. The molecule has 0 saturated carbocycles. The Morgan fingerprint density at radius 2 is 2.03 bits per heavy atom. The van der Waals surface area contributed by atoms with E-state index in [2.05, 4.69) is 10.3 Å². The molecule has 0 radical (unpaired) electrons. The fourth-order valence-electron chi connectivity index (χ4n) is 3.83. The Hall–Kier alpha value is -2.33. The van der Waals surface area contributed by atoms with Crippen molar-refractivity contribution in [3.63, 3.8) is 0 Å². The lowest BCUT2D eigenvalue weighted by molar-refractivity contribution is -0.137. The Labute approximate surface area is 191 Å². The molecule has 32 heavy (non-hydrogen) atoms. The van der Waals surface area contributed by atoms with Crippen LogP contribution in [-0.2, 0) is 23.8 Å². The molecule has 1 aliphatic rings. The third-order valence-electron chi connectivity index (χ3n) is 5.17. The van der Waals surface area contributed by atoms with E-state index in [1.54, 1.807) is 0 Å². The van der Waals surface area contributed by atoms with Crippen molar-refractivity contribution in [1.82, 2.24) is 14.9 Å². The number of rotatable bonds is 5. The van der Waals surface area contributed by atoms with Crippen LogP contribution in [-0.4, -0.2) is 27.3 Å². The number of halogens is 3. The number of alkyl halides is 3. The van der Waals surface area contributed by atoms with Crippen LogP contribution in [0.4, 0.5) is 13.2 Å². The van der Waals surface area contributed by atoms with E-state index in [1.807, 2.05) is 13.8 Å². The van der Waals surface area contributed by atoms with Crippen molar-refractivity contribution in [2.24, 2.45) is 0 Å². The first-order valence-corrected chi connectivity index (χ1v) is 12.1. The van der Waals surface area contributed by atoms with Crippen molar-refractivity contribution in [2.75, 3.05) is 5.75 Å². The smallest absolute Gasteiger partial charge is 0.353 e. The van der Waals surface area contributed by atoms with Gasteiger partial charge in [0.25, 0.3) is 5.56 Å². The summed E-state index contributed by atoms with van der Waals surface area (Å²) in [5, 5.41) is 3.46. The fraction of sp³-hybridized carbons (Fsp3) is 0.409. The SMILES string of the molecule is CC(C)NC(=O)CSc1nc2sc3c(c2c(=O)n1-c1cccc(C(F)(F)F)c1)CCCC3. The average Bonchev–Trinajstić information content (AvgIpc) is 3.10. The first kappa shape index (κ1) is 22.8. The highest BCUT2D eigenvalue weighted by atomic mass is 32.2. The summed E-state index contributed by atoms with van der Waals surface area (Å²) in [6, 6.07) is 4.61. The van der Waals surface area contributed by atoms with Crippen LogP contribution in [0, 0.1) is 0 Å². The highest BCUT2D eigenvalue weighted by Crippen LogP contribution is 2.36. The zero-order chi connectivity index (χ0) is 23.0. The molecule has 1 N–H and O–H groups in total. The molecule has 0 saturated heterocycles. The maximum Gasteiger partial charge on any atom is 0.416 e. The van der Waals surface area contributed by atoms with Crippen LogP contribution in [0.15, 0.2) is 34.2 Å². The van der Waals surface area contributed by atoms with Crippen molar-refractivity contribution in [2.45, 2.75) is 56.9 Å². The second kappa shape index (κ2) is 8.90. The summed E-state index contributed by atoms with van der Waals surface area (Å²) >= 11 is 2.51. The van der Waals surface area contributed by atoms with E-state index in [-0.39, 0.29) is 34.1 Å². The zero-order valence-corrected chi connectivity index (χ0v) is 19.2. The van der Waals surface area contributed by atoms with E-state index in [1.165, 1.54) is 28.0 Å². The van der Waals surface area contributed by atoms with Gasteiger partial charge in [-0.3, -0.25) is 14.2 Å². The Morgan fingerprint density at radius 3 is 2.75 bits per heavy atom. The molecule has 0 spiro atoms. The number of benzene rings is 1. The van der Waals surface area contributed by atoms with Crippen molar-refractivity contribution in [3.05, 3.63) is 50.6 Å². The Morgan fingerprint density at radius 1 is 1.28 bits per heavy atom.